The third-order valence-corrected chi connectivity index (χ3v) is 5.17. The van der Waals surface area contributed by atoms with Gasteiger partial charge in [-0.3, -0.25) is 0 Å². The molecule has 0 fully saturated rings. The number of halogens is 2. The molecule has 1 aliphatic heterocycles. The highest BCUT2D eigenvalue weighted by atomic mass is 35.5. The van der Waals surface area contributed by atoms with Crippen LogP contribution in [0.15, 0.2) is 77.4 Å². The number of esters is 1. The first-order valence-corrected chi connectivity index (χ1v) is 10.1. The Balaban J connectivity index is 1.62. The van der Waals surface area contributed by atoms with E-state index in [-0.39, 0.29) is 11.6 Å². The van der Waals surface area contributed by atoms with Crippen molar-refractivity contribution in [3.8, 4) is 11.5 Å². The van der Waals surface area contributed by atoms with Gasteiger partial charge < -0.3 is 14.2 Å². The first kappa shape index (κ1) is 21.0. The fourth-order valence-corrected chi connectivity index (χ4v) is 3.38. The van der Waals surface area contributed by atoms with Crippen LogP contribution in [0.4, 0.5) is 0 Å². The Labute approximate surface area is 189 Å². The van der Waals surface area contributed by atoms with E-state index in [0.29, 0.717) is 39.3 Å². The third kappa shape index (κ3) is 4.74. The van der Waals surface area contributed by atoms with Gasteiger partial charge in [-0.05, 0) is 36.4 Å². The van der Waals surface area contributed by atoms with Crippen molar-refractivity contribution in [2.45, 2.75) is 6.61 Å². The lowest BCUT2D eigenvalue weighted by Gasteiger charge is -2.10. The Hall–Kier alpha value is -3.28. The van der Waals surface area contributed by atoms with Gasteiger partial charge in [0, 0.05) is 21.2 Å². The Morgan fingerprint density at radius 1 is 1.00 bits per heavy atom. The van der Waals surface area contributed by atoms with Crippen molar-refractivity contribution < 1.29 is 19.0 Å². The van der Waals surface area contributed by atoms with Crippen molar-refractivity contribution in [3.05, 3.63) is 99.2 Å². The second kappa shape index (κ2) is 9.25. The number of benzene rings is 3. The number of nitrogens with zero attached hydrogens (tertiary/aromatic N) is 1. The zero-order valence-electron chi connectivity index (χ0n) is 16.5. The molecule has 0 atom stereocenters. The lowest BCUT2D eigenvalue weighted by molar-refractivity contribution is -0.129. The summed E-state index contributed by atoms with van der Waals surface area (Å²) in [6.45, 7) is 0.290. The molecule has 31 heavy (non-hydrogen) atoms. The fraction of sp³-hybridized carbons (Fsp3) is 0.0833. The molecule has 3 aromatic rings. The van der Waals surface area contributed by atoms with Gasteiger partial charge in [-0.2, -0.15) is 0 Å². The van der Waals surface area contributed by atoms with Gasteiger partial charge in [0.2, 0.25) is 5.90 Å². The molecule has 7 heteroatoms. The maximum Gasteiger partial charge on any atom is 0.363 e. The minimum absolute atomic E-state index is 0.130. The minimum atomic E-state index is -0.571. The van der Waals surface area contributed by atoms with E-state index in [0.717, 1.165) is 5.56 Å². The average molecular weight is 454 g/mol. The van der Waals surface area contributed by atoms with Gasteiger partial charge >= 0.3 is 5.97 Å². The monoisotopic (exact) mass is 453 g/mol. The first-order chi connectivity index (χ1) is 15.0. The molecule has 0 spiro atoms. The van der Waals surface area contributed by atoms with Crippen LogP contribution in [0.2, 0.25) is 10.0 Å². The van der Waals surface area contributed by atoms with Crippen molar-refractivity contribution in [3.63, 3.8) is 0 Å². The van der Waals surface area contributed by atoms with Gasteiger partial charge in [0.05, 0.1) is 12.7 Å². The predicted octanol–water partition coefficient (Wildman–Crippen LogP) is 5.93. The van der Waals surface area contributed by atoms with Crippen molar-refractivity contribution in [2.24, 2.45) is 4.99 Å². The number of carbonyl (C=O) groups excluding carboxylic acids is 1. The van der Waals surface area contributed by atoms with E-state index >= 15 is 0 Å². The number of hydrogen-bond acceptors (Lipinski definition) is 5. The highest BCUT2D eigenvalue weighted by Gasteiger charge is 2.27. The molecule has 1 heterocycles. The number of rotatable bonds is 6. The molecular formula is C24H17Cl2NO4. The van der Waals surface area contributed by atoms with Crippen LogP contribution in [0.5, 0.6) is 11.5 Å². The smallest absolute Gasteiger partial charge is 0.363 e. The molecule has 0 radical (unpaired) electrons. The summed E-state index contributed by atoms with van der Waals surface area (Å²) in [4.78, 5) is 16.8. The van der Waals surface area contributed by atoms with Gasteiger partial charge in [0.15, 0.2) is 5.70 Å². The zero-order chi connectivity index (χ0) is 21.8. The summed E-state index contributed by atoms with van der Waals surface area (Å²) in [6, 6.07) is 19.8. The Bertz CT molecular complexity index is 1200. The SMILES string of the molecule is COc1ccc(Cl)cc1C1=N/C(=C\c2ccccc2OCc2ccccc2Cl)C(=O)O1. The second-order valence-corrected chi connectivity index (χ2v) is 7.44. The van der Waals surface area contributed by atoms with E-state index in [4.69, 9.17) is 37.4 Å². The van der Waals surface area contributed by atoms with E-state index in [9.17, 15) is 4.79 Å². The van der Waals surface area contributed by atoms with Crippen molar-refractivity contribution >= 4 is 41.1 Å². The van der Waals surface area contributed by atoms with Crippen LogP contribution in [0.25, 0.3) is 6.08 Å². The van der Waals surface area contributed by atoms with Gasteiger partial charge in [-0.15, -0.1) is 0 Å². The molecule has 0 saturated heterocycles. The predicted molar refractivity (Wildman–Crippen MR) is 121 cm³/mol. The lowest BCUT2D eigenvalue weighted by Crippen LogP contribution is -2.07. The molecule has 0 aromatic heterocycles. The molecule has 5 nitrogen and oxygen atoms in total. The van der Waals surface area contributed by atoms with Crippen LogP contribution in [0, 0.1) is 0 Å². The second-order valence-electron chi connectivity index (χ2n) is 6.60. The summed E-state index contributed by atoms with van der Waals surface area (Å²) >= 11 is 12.3. The third-order valence-electron chi connectivity index (χ3n) is 4.56. The number of hydrogen-bond donors (Lipinski definition) is 0. The van der Waals surface area contributed by atoms with E-state index in [2.05, 4.69) is 4.99 Å². The summed E-state index contributed by atoms with van der Waals surface area (Å²) in [6.07, 6.45) is 1.62. The summed E-state index contributed by atoms with van der Waals surface area (Å²) in [5, 5.41) is 1.10. The molecule has 0 amide bonds. The van der Waals surface area contributed by atoms with Crippen LogP contribution in [0.1, 0.15) is 16.7 Å². The van der Waals surface area contributed by atoms with Crippen molar-refractivity contribution in [2.75, 3.05) is 7.11 Å². The van der Waals surface area contributed by atoms with E-state index < -0.39 is 5.97 Å². The largest absolute Gasteiger partial charge is 0.496 e. The molecule has 0 saturated carbocycles. The number of methoxy groups -OCH3 is 1. The number of aliphatic imine (C=N–C) groups is 1. The molecule has 0 unspecified atom stereocenters. The molecule has 0 aliphatic carbocycles. The number of cyclic esters (lactones) is 1. The Morgan fingerprint density at radius 3 is 2.58 bits per heavy atom. The maximum absolute atomic E-state index is 12.4. The fourth-order valence-electron chi connectivity index (χ4n) is 3.02. The average Bonchev–Trinajstić information content (AvgIpc) is 3.14. The van der Waals surface area contributed by atoms with Gasteiger partial charge in [0.25, 0.3) is 0 Å². The summed E-state index contributed by atoms with van der Waals surface area (Å²) in [5.41, 5.74) is 2.19. The summed E-state index contributed by atoms with van der Waals surface area (Å²) < 4.78 is 16.6. The molecule has 0 bridgehead atoms. The highest BCUT2D eigenvalue weighted by molar-refractivity contribution is 6.31. The molecular weight excluding hydrogens is 437 g/mol. The maximum atomic E-state index is 12.4. The first-order valence-electron chi connectivity index (χ1n) is 9.37. The van der Waals surface area contributed by atoms with Gasteiger partial charge in [-0.25, -0.2) is 9.79 Å². The summed E-state index contributed by atoms with van der Waals surface area (Å²) in [5.74, 6) is 0.649. The topological polar surface area (TPSA) is 57.1 Å². The standard InChI is InChI=1S/C24H17Cl2NO4/c1-29-22-11-10-17(25)13-18(22)23-27-20(24(28)31-23)12-15-6-3-5-9-21(15)30-14-16-7-2-4-8-19(16)26/h2-13H,14H2,1H3/b20-12-. The minimum Gasteiger partial charge on any atom is -0.496 e. The molecule has 0 N–H and O–H groups in total. The Morgan fingerprint density at radius 2 is 1.77 bits per heavy atom. The quantitative estimate of drug-likeness (QED) is 0.343. The van der Waals surface area contributed by atoms with Crippen LogP contribution >= 0.6 is 23.2 Å². The van der Waals surface area contributed by atoms with Crippen LogP contribution < -0.4 is 9.47 Å². The van der Waals surface area contributed by atoms with Crippen molar-refractivity contribution in [1.82, 2.24) is 0 Å². The lowest BCUT2D eigenvalue weighted by atomic mass is 10.1. The molecule has 156 valence electrons. The number of ether oxygens (including phenoxy) is 3. The summed E-state index contributed by atoms with van der Waals surface area (Å²) in [7, 11) is 1.52. The number of carbonyl (C=O) groups is 1. The highest BCUT2D eigenvalue weighted by Crippen LogP contribution is 2.29. The van der Waals surface area contributed by atoms with Crippen LogP contribution in [-0.4, -0.2) is 19.0 Å². The zero-order valence-corrected chi connectivity index (χ0v) is 18.0. The number of para-hydroxylation sites is 1. The van der Waals surface area contributed by atoms with E-state index in [1.165, 1.54) is 7.11 Å². The molecule has 4 rings (SSSR count). The van der Waals surface area contributed by atoms with Crippen LogP contribution in [0.3, 0.4) is 0 Å². The molecule has 3 aromatic carbocycles. The Kier molecular flexibility index (Phi) is 6.26. The molecule has 1 aliphatic rings. The van der Waals surface area contributed by atoms with Gasteiger partial charge in [0.1, 0.15) is 18.1 Å². The van der Waals surface area contributed by atoms with Crippen molar-refractivity contribution in [1.29, 1.82) is 0 Å². The van der Waals surface area contributed by atoms with E-state index in [1.54, 1.807) is 24.3 Å². The van der Waals surface area contributed by atoms with Gasteiger partial charge in [-0.1, -0.05) is 59.6 Å². The normalized spacial score (nSPS) is 14.4. The van der Waals surface area contributed by atoms with E-state index in [1.807, 2.05) is 48.5 Å². The van der Waals surface area contributed by atoms with Crippen LogP contribution in [-0.2, 0) is 16.1 Å².